The lowest BCUT2D eigenvalue weighted by Crippen LogP contribution is -2.32. The fourth-order valence-electron chi connectivity index (χ4n) is 2.84. The molecule has 0 aliphatic rings. The maximum Gasteiger partial charge on any atom is 0.357 e. The van der Waals surface area contributed by atoms with E-state index in [1.54, 1.807) is 5.38 Å². The van der Waals surface area contributed by atoms with Crippen LogP contribution in [0.4, 0.5) is 0 Å². The minimum absolute atomic E-state index is 0.194. The Morgan fingerprint density at radius 1 is 1.15 bits per heavy atom. The molecular weight excluding hydrogens is 360 g/mol. The molecule has 1 aromatic heterocycles. The third-order valence-electron chi connectivity index (χ3n) is 4.60. The highest BCUT2D eigenvalue weighted by Crippen LogP contribution is 2.16. The van der Waals surface area contributed by atoms with Crippen molar-refractivity contribution in [2.24, 2.45) is 5.92 Å². The van der Waals surface area contributed by atoms with Gasteiger partial charge in [-0.15, -0.1) is 11.3 Å². The highest BCUT2D eigenvalue weighted by Gasteiger charge is 2.17. The van der Waals surface area contributed by atoms with Crippen LogP contribution >= 0.6 is 11.3 Å². The van der Waals surface area contributed by atoms with Gasteiger partial charge < -0.3 is 9.64 Å². The van der Waals surface area contributed by atoms with Crippen molar-refractivity contribution in [1.29, 1.82) is 0 Å². The number of amides is 1. The number of carbonyl (C=O) groups excluding carboxylic acids is 2. The zero-order valence-electron chi connectivity index (χ0n) is 17.5. The predicted octanol–water partition coefficient (Wildman–Crippen LogP) is 5.45. The van der Waals surface area contributed by atoms with Crippen molar-refractivity contribution in [2.75, 3.05) is 13.7 Å². The molecule has 0 aliphatic heterocycles. The van der Waals surface area contributed by atoms with Crippen LogP contribution in [0.2, 0.25) is 0 Å². The molecule has 0 spiro atoms. The van der Waals surface area contributed by atoms with E-state index in [2.05, 4.69) is 25.8 Å². The summed E-state index contributed by atoms with van der Waals surface area (Å²) in [4.78, 5) is 30.5. The van der Waals surface area contributed by atoms with Crippen LogP contribution in [-0.4, -0.2) is 35.4 Å². The van der Waals surface area contributed by atoms with Crippen LogP contribution in [0.5, 0.6) is 0 Å². The summed E-state index contributed by atoms with van der Waals surface area (Å²) in [5, 5.41) is 2.48. The molecule has 1 aromatic rings. The Labute approximate surface area is 168 Å². The molecule has 0 radical (unpaired) electrons. The van der Waals surface area contributed by atoms with Gasteiger partial charge >= 0.3 is 5.97 Å². The molecule has 0 aliphatic carbocycles. The second-order valence-corrected chi connectivity index (χ2v) is 8.43. The number of unbranched alkanes of at least 4 members (excludes halogenated alkanes) is 6. The van der Waals surface area contributed by atoms with E-state index in [0.717, 1.165) is 30.8 Å². The fraction of sp³-hybridized carbons (Fsp3) is 0.762. The standard InChI is InChI=1S/C21H36N2O3S/c1-5-6-7-8-9-10-11-12-20(24)23(14-13-17(2)3)15-19-22-18(16-27-19)21(25)26-4/h16-17H,5-15H2,1-4H3. The van der Waals surface area contributed by atoms with E-state index in [4.69, 9.17) is 4.74 Å². The number of thiazole rings is 1. The fourth-order valence-corrected chi connectivity index (χ4v) is 3.62. The number of ether oxygens (including phenoxy) is 1. The summed E-state index contributed by atoms with van der Waals surface area (Å²) in [7, 11) is 1.35. The van der Waals surface area contributed by atoms with Gasteiger partial charge in [-0.3, -0.25) is 4.79 Å². The van der Waals surface area contributed by atoms with Crippen LogP contribution in [-0.2, 0) is 16.1 Å². The minimum Gasteiger partial charge on any atom is -0.464 e. The summed E-state index contributed by atoms with van der Waals surface area (Å²) in [6.07, 6.45) is 10.0. The molecule has 0 atom stereocenters. The van der Waals surface area contributed by atoms with Crippen molar-refractivity contribution in [3.63, 3.8) is 0 Å². The predicted molar refractivity (Wildman–Crippen MR) is 111 cm³/mol. The molecular formula is C21H36N2O3S. The number of hydrogen-bond donors (Lipinski definition) is 0. The summed E-state index contributed by atoms with van der Waals surface area (Å²) < 4.78 is 4.71. The van der Waals surface area contributed by atoms with Gasteiger partial charge in [0.05, 0.1) is 13.7 Å². The van der Waals surface area contributed by atoms with Gasteiger partial charge in [-0.05, 0) is 18.8 Å². The van der Waals surface area contributed by atoms with E-state index in [1.807, 2.05) is 4.90 Å². The second-order valence-electron chi connectivity index (χ2n) is 7.49. The zero-order chi connectivity index (χ0) is 20.1. The number of nitrogens with zero attached hydrogens (tertiary/aromatic N) is 2. The van der Waals surface area contributed by atoms with E-state index < -0.39 is 5.97 Å². The van der Waals surface area contributed by atoms with Crippen LogP contribution < -0.4 is 0 Å². The molecule has 1 amide bonds. The Morgan fingerprint density at radius 3 is 2.44 bits per heavy atom. The molecule has 27 heavy (non-hydrogen) atoms. The Kier molecular flexibility index (Phi) is 12.0. The van der Waals surface area contributed by atoms with Gasteiger partial charge in [-0.25, -0.2) is 9.78 Å². The van der Waals surface area contributed by atoms with Crippen molar-refractivity contribution >= 4 is 23.2 Å². The number of esters is 1. The van der Waals surface area contributed by atoms with Crippen LogP contribution in [0.3, 0.4) is 0 Å². The van der Waals surface area contributed by atoms with Gasteiger partial charge in [0.1, 0.15) is 5.01 Å². The molecule has 154 valence electrons. The van der Waals surface area contributed by atoms with Gasteiger partial charge in [0, 0.05) is 18.3 Å². The lowest BCUT2D eigenvalue weighted by molar-refractivity contribution is -0.132. The lowest BCUT2D eigenvalue weighted by atomic mass is 10.1. The Morgan fingerprint density at radius 2 is 1.81 bits per heavy atom. The van der Waals surface area contributed by atoms with Gasteiger partial charge in [-0.2, -0.15) is 0 Å². The SMILES string of the molecule is CCCCCCCCCC(=O)N(CCC(C)C)Cc1nc(C(=O)OC)cs1. The second kappa shape index (κ2) is 13.7. The first-order chi connectivity index (χ1) is 13.0. The average Bonchev–Trinajstić information content (AvgIpc) is 3.12. The number of methoxy groups -OCH3 is 1. The molecule has 0 saturated carbocycles. The van der Waals surface area contributed by atoms with Crippen LogP contribution in [0.25, 0.3) is 0 Å². The van der Waals surface area contributed by atoms with Crippen LogP contribution in [0.15, 0.2) is 5.38 Å². The molecule has 0 N–H and O–H groups in total. The Balaban J connectivity index is 2.50. The monoisotopic (exact) mass is 396 g/mol. The van der Waals surface area contributed by atoms with Crippen molar-refractivity contribution in [3.8, 4) is 0 Å². The van der Waals surface area contributed by atoms with Crippen molar-refractivity contribution in [3.05, 3.63) is 16.1 Å². The van der Waals surface area contributed by atoms with Crippen molar-refractivity contribution < 1.29 is 14.3 Å². The van der Waals surface area contributed by atoms with Gasteiger partial charge in [0.25, 0.3) is 0 Å². The molecule has 5 nitrogen and oxygen atoms in total. The number of rotatable bonds is 14. The molecule has 0 saturated heterocycles. The molecule has 1 heterocycles. The van der Waals surface area contributed by atoms with E-state index in [0.29, 0.717) is 24.6 Å². The number of carbonyl (C=O) groups is 2. The Hall–Kier alpha value is -1.43. The Bertz CT molecular complexity index is 557. The largest absolute Gasteiger partial charge is 0.464 e. The van der Waals surface area contributed by atoms with E-state index in [-0.39, 0.29) is 5.91 Å². The molecule has 6 heteroatoms. The molecule has 1 rings (SSSR count). The summed E-state index contributed by atoms with van der Waals surface area (Å²) in [6.45, 7) is 7.76. The maximum absolute atomic E-state index is 12.7. The third kappa shape index (κ3) is 9.89. The number of aromatic nitrogens is 1. The summed E-state index contributed by atoms with van der Waals surface area (Å²) >= 11 is 1.41. The third-order valence-corrected chi connectivity index (χ3v) is 5.43. The average molecular weight is 397 g/mol. The van der Waals surface area contributed by atoms with Crippen LogP contribution in [0, 0.1) is 5.92 Å². The van der Waals surface area contributed by atoms with E-state index in [1.165, 1.54) is 50.6 Å². The lowest BCUT2D eigenvalue weighted by Gasteiger charge is -2.22. The molecule has 0 aromatic carbocycles. The van der Waals surface area contributed by atoms with Crippen molar-refractivity contribution in [1.82, 2.24) is 9.88 Å². The zero-order valence-corrected chi connectivity index (χ0v) is 18.3. The molecule has 0 unspecified atom stereocenters. The quantitative estimate of drug-likeness (QED) is 0.310. The van der Waals surface area contributed by atoms with Crippen LogP contribution in [0.1, 0.15) is 94.1 Å². The highest BCUT2D eigenvalue weighted by atomic mass is 32.1. The topological polar surface area (TPSA) is 59.5 Å². The summed E-state index contributed by atoms with van der Waals surface area (Å²) in [5.74, 6) is 0.306. The first-order valence-electron chi connectivity index (χ1n) is 10.3. The molecule has 0 bridgehead atoms. The van der Waals surface area contributed by atoms with Gasteiger partial charge in [0.2, 0.25) is 5.91 Å². The number of hydrogen-bond acceptors (Lipinski definition) is 5. The van der Waals surface area contributed by atoms with E-state index in [9.17, 15) is 9.59 Å². The summed E-state index contributed by atoms with van der Waals surface area (Å²) in [5.41, 5.74) is 0.320. The van der Waals surface area contributed by atoms with Crippen molar-refractivity contribution in [2.45, 2.75) is 85.1 Å². The molecule has 0 fully saturated rings. The first-order valence-corrected chi connectivity index (χ1v) is 11.2. The maximum atomic E-state index is 12.7. The first kappa shape index (κ1) is 23.6. The van der Waals surface area contributed by atoms with Gasteiger partial charge in [0.15, 0.2) is 5.69 Å². The normalized spacial score (nSPS) is 11.0. The van der Waals surface area contributed by atoms with Gasteiger partial charge in [-0.1, -0.05) is 59.3 Å². The smallest absolute Gasteiger partial charge is 0.357 e. The highest BCUT2D eigenvalue weighted by molar-refractivity contribution is 7.09. The van der Waals surface area contributed by atoms with E-state index >= 15 is 0 Å². The minimum atomic E-state index is -0.430. The summed E-state index contributed by atoms with van der Waals surface area (Å²) in [6, 6.07) is 0.